The van der Waals surface area contributed by atoms with Crippen molar-refractivity contribution in [2.24, 2.45) is 0 Å². The first-order valence-electron chi connectivity index (χ1n) is 11.4. The van der Waals surface area contributed by atoms with Gasteiger partial charge in [-0.25, -0.2) is 9.78 Å². The third-order valence-electron chi connectivity index (χ3n) is 6.29. The highest BCUT2D eigenvalue weighted by Crippen LogP contribution is 2.28. The lowest BCUT2D eigenvalue weighted by Gasteiger charge is -2.23. The van der Waals surface area contributed by atoms with Gasteiger partial charge in [0.05, 0.1) is 16.5 Å². The average Bonchev–Trinajstić information content (AvgIpc) is 3.26. The highest BCUT2D eigenvalue weighted by atomic mass is 16.4. The third kappa shape index (κ3) is 4.10. The number of carboxylic acids is 1. The van der Waals surface area contributed by atoms with E-state index < -0.39 is 5.97 Å². The van der Waals surface area contributed by atoms with E-state index in [1.165, 1.54) is 17.7 Å². The van der Waals surface area contributed by atoms with Crippen LogP contribution in [0.1, 0.15) is 40.7 Å². The molecule has 6 nitrogen and oxygen atoms in total. The smallest absolute Gasteiger partial charge is 0.335 e. The van der Waals surface area contributed by atoms with Crippen LogP contribution in [0.25, 0.3) is 22.6 Å². The molecule has 0 fully saturated rings. The van der Waals surface area contributed by atoms with Gasteiger partial charge in [-0.3, -0.25) is 9.36 Å². The molecule has 0 amide bonds. The van der Waals surface area contributed by atoms with Gasteiger partial charge in [0, 0.05) is 25.3 Å². The van der Waals surface area contributed by atoms with Crippen molar-refractivity contribution in [1.82, 2.24) is 9.55 Å². The Kier molecular flexibility index (Phi) is 5.72. The molecule has 6 heteroatoms. The molecular weight excluding hydrogens is 426 g/mol. The quantitative estimate of drug-likeness (QED) is 0.443. The number of nitrogens with zero attached hydrogens (tertiary/aromatic N) is 3. The number of hydrogen-bond acceptors (Lipinski definition) is 4. The maximum absolute atomic E-state index is 12.9. The zero-order valence-electron chi connectivity index (χ0n) is 18.9. The summed E-state index contributed by atoms with van der Waals surface area (Å²) < 4.78 is 1.68. The summed E-state index contributed by atoms with van der Waals surface area (Å²) in [5, 5.41) is 9.73. The number of carbonyl (C=O) groups is 1. The van der Waals surface area contributed by atoms with Crippen LogP contribution < -0.4 is 10.5 Å². The number of hydrogen-bond donors (Lipinski definition) is 1. The van der Waals surface area contributed by atoms with E-state index in [2.05, 4.69) is 71.4 Å². The van der Waals surface area contributed by atoms with Crippen molar-refractivity contribution in [1.29, 1.82) is 0 Å². The minimum absolute atomic E-state index is 0.124. The molecule has 4 aromatic rings. The number of benzene rings is 3. The molecule has 0 atom stereocenters. The standard InChI is InChI=1S/C28H25N3O3/c1-2-30(18-20-6-4-3-5-7-20)23-11-8-19(9-12-23)16-21-14-15-31-26(21)29-25-17-22(28(33)34)10-13-24(25)27(31)32/h3-13,16-17H,2,14-15,18H2,1H3,(H,33,34)/b21-16+. The molecule has 0 aliphatic carbocycles. The number of aromatic carboxylic acids is 1. The maximum atomic E-state index is 12.9. The summed E-state index contributed by atoms with van der Waals surface area (Å²) >= 11 is 0. The number of rotatable bonds is 6. The Bertz CT molecular complexity index is 1450. The fourth-order valence-electron chi connectivity index (χ4n) is 4.46. The van der Waals surface area contributed by atoms with Crippen LogP contribution in [0.3, 0.4) is 0 Å². The van der Waals surface area contributed by atoms with Gasteiger partial charge in [-0.1, -0.05) is 42.5 Å². The zero-order valence-corrected chi connectivity index (χ0v) is 18.9. The van der Waals surface area contributed by atoms with Crippen LogP contribution in [0, 0.1) is 0 Å². The largest absolute Gasteiger partial charge is 0.478 e. The topological polar surface area (TPSA) is 75.4 Å². The molecule has 1 N–H and O–H groups in total. The minimum Gasteiger partial charge on any atom is -0.478 e. The van der Waals surface area contributed by atoms with Gasteiger partial charge in [0.15, 0.2) is 0 Å². The van der Waals surface area contributed by atoms with E-state index >= 15 is 0 Å². The molecule has 2 heterocycles. The summed E-state index contributed by atoms with van der Waals surface area (Å²) in [4.78, 5) is 31.3. The van der Waals surface area contributed by atoms with Gasteiger partial charge in [0.1, 0.15) is 5.82 Å². The van der Waals surface area contributed by atoms with E-state index in [-0.39, 0.29) is 11.1 Å². The number of fused-ring (bicyclic) bond motifs is 2. The van der Waals surface area contributed by atoms with E-state index in [4.69, 9.17) is 0 Å². The molecule has 34 heavy (non-hydrogen) atoms. The Hall–Kier alpha value is -4.19. The van der Waals surface area contributed by atoms with Gasteiger partial charge >= 0.3 is 5.97 Å². The lowest BCUT2D eigenvalue weighted by atomic mass is 10.1. The molecule has 1 aromatic heterocycles. The van der Waals surface area contributed by atoms with Gasteiger partial charge in [-0.15, -0.1) is 0 Å². The van der Waals surface area contributed by atoms with Crippen molar-refractivity contribution in [3.8, 4) is 0 Å². The molecule has 0 spiro atoms. The number of allylic oxidation sites excluding steroid dienone is 1. The molecule has 0 unspecified atom stereocenters. The molecule has 5 rings (SSSR count). The lowest BCUT2D eigenvalue weighted by molar-refractivity contribution is 0.0697. The second-order valence-electron chi connectivity index (χ2n) is 8.44. The van der Waals surface area contributed by atoms with Crippen molar-refractivity contribution >= 4 is 34.2 Å². The monoisotopic (exact) mass is 451 g/mol. The summed E-state index contributed by atoms with van der Waals surface area (Å²) in [7, 11) is 0. The van der Waals surface area contributed by atoms with Crippen molar-refractivity contribution in [3.05, 3.63) is 106 Å². The van der Waals surface area contributed by atoms with Crippen LogP contribution in [0.15, 0.2) is 77.6 Å². The Morgan fingerprint density at radius 2 is 1.85 bits per heavy atom. The first kappa shape index (κ1) is 21.6. The maximum Gasteiger partial charge on any atom is 0.335 e. The van der Waals surface area contributed by atoms with Gasteiger partial charge < -0.3 is 10.0 Å². The Morgan fingerprint density at radius 1 is 1.09 bits per heavy atom. The van der Waals surface area contributed by atoms with Crippen LogP contribution >= 0.6 is 0 Å². The number of carboxylic acid groups (broad SMARTS) is 1. The van der Waals surface area contributed by atoms with E-state index in [9.17, 15) is 14.7 Å². The molecule has 0 saturated carbocycles. The molecule has 1 aliphatic heterocycles. The van der Waals surface area contributed by atoms with Crippen LogP contribution in [-0.2, 0) is 13.1 Å². The summed E-state index contributed by atoms with van der Waals surface area (Å²) in [5.74, 6) is -0.420. The van der Waals surface area contributed by atoms with Crippen molar-refractivity contribution in [2.45, 2.75) is 26.4 Å². The summed E-state index contributed by atoms with van der Waals surface area (Å²) in [6, 6.07) is 23.3. The molecule has 1 aliphatic rings. The summed E-state index contributed by atoms with van der Waals surface area (Å²) in [6.45, 7) is 4.48. The van der Waals surface area contributed by atoms with Gasteiger partial charge in [0.2, 0.25) is 0 Å². The average molecular weight is 452 g/mol. The third-order valence-corrected chi connectivity index (χ3v) is 6.29. The van der Waals surface area contributed by atoms with E-state index in [0.29, 0.717) is 29.7 Å². The Morgan fingerprint density at radius 3 is 2.56 bits per heavy atom. The highest BCUT2D eigenvalue weighted by Gasteiger charge is 2.21. The number of aromatic nitrogens is 2. The predicted octanol–water partition coefficient (Wildman–Crippen LogP) is 5.07. The molecule has 170 valence electrons. The summed E-state index contributed by atoms with van der Waals surface area (Å²) in [6.07, 6.45) is 2.77. The fourth-order valence-corrected chi connectivity index (χ4v) is 4.46. The van der Waals surface area contributed by atoms with Gasteiger partial charge in [-0.05, 0) is 66.5 Å². The fraction of sp³-hybridized carbons (Fsp3) is 0.179. The Balaban J connectivity index is 1.44. The number of anilines is 1. The van der Waals surface area contributed by atoms with E-state index in [1.54, 1.807) is 10.6 Å². The van der Waals surface area contributed by atoms with Crippen LogP contribution in [0.2, 0.25) is 0 Å². The van der Waals surface area contributed by atoms with Crippen molar-refractivity contribution in [2.75, 3.05) is 11.4 Å². The highest BCUT2D eigenvalue weighted by molar-refractivity contribution is 5.93. The van der Waals surface area contributed by atoms with Crippen molar-refractivity contribution < 1.29 is 9.90 Å². The van der Waals surface area contributed by atoms with Crippen LogP contribution in [0.4, 0.5) is 5.69 Å². The van der Waals surface area contributed by atoms with Crippen LogP contribution in [0.5, 0.6) is 0 Å². The second-order valence-corrected chi connectivity index (χ2v) is 8.44. The normalized spacial score (nSPS) is 13.9. The van der Waals surface area contributed by atoms with Crippen molar-refractivity contribution in [3.63, 3.8) is 0 Å². The summed E-state index contributed by atoms with van der Waals surface area (Å²) in [5.41, 5.74) is 4.85. The van der Waals surface area contributed by atoms with Gasteiger partial charge in [-0.2, -0.15) is 0 Å². The predicted molar refractivity (Wildman–Crippen MR) is 135 cm³/mol. The minimum atomic E-state index is -1.03. The second kappa shape index (κ2) is 8.98. The molecule has 0 bridgehead atoms. The zero-order chi connectivity index (χ0) is 23.7. The first-order valence-corrected chi connectivity index (χ1v) is 11.4. The molecule has 0 saturated heterocycles. The van der Waals surface area contributed by atoms with E-state index in [0.717, 1.165) is 29.9 Å². The lowest BCUT2D eigenvalue weighted by Crippen LogP contribution is -2.21. The SMILES string of the molecule is CCN(Cc1ccccc1)c1ccc(/C=C2\CCn3c2nc2cc(C(=O)O)ccc2c3=O)cc1. The molecule has 3 aromatic carbocycles. The van der Waals surface area contributed by atoms with Gasteiger partial charge in [0.25, 0.3) is 5.56 Å². The van der Waals surface area contributed by atoms with Crippen LogP contribution in [-0.4, -0.2) is 27.2 Å². The molecular formula is C28H25N3O3. The first-order chi connectivity index (χ1) is 16.5. The Labute approximate surface area is 197 Å². The van der Waals surface area contributed by atoms with E-state index in [1.807, 2.05) is 6.07 Å². The molecule has 0 radical (unpaired) electrons.